The molecule has 0 saturated carbocycles. The maximum absolute atomic E-state index is 11.7. The molecule has 1 heterocycles. The van der Waals surface area contributed by atoms with Gasteiger partial charge in [0, 0.05) is 24.9 Å². The van der Waals surface area contributed by atoms with E-state index in [-0.39, 0.29) is 5.91 Å². The zero-order valence-corrected chi connectivity index (χ0v) is 11.7. The van der Waals surface area contributed by atoms with Crippen LogP contribution in [0.5, 0.6) is 5.75 Å². The molecule has 0 fully saturated rings. The van der Waals surface area contributed by atoms with Crippen LogP contribution in [0.2, 0.25) is 0 Å². The number of amides is 1. The second kappa shape index (κ2) is 7.38. The average molecular weight is 272 g/mol. The zero-order chi connectivity index (χ0) is 14.2. The van der Waals surface area contributed by atoms with Crippen LogP contribution in [-0.2, 0) is 17.6 Å². The second-order valence-electron chi connectivity index (χ2n) is 4.65. The van der Waals surface area contributed by atoms with Crippen LogP contribution in [0.15, 0.2) is 42.6 Å². The predicted octanol–water partition coefficient (Wildman–Crippen LogP) is 2.31. The van der Waals surface area contributed by atoms with Crippen LogP contribution in [0, 0.1) is 0 Å². The lowest BCUT2D eigenvalue weighted by molar-refractivity contribution is -0.121. The van der Waals surface area contributed by atoms with Gasteiger partial charge in [0.15, 0.2) is 0 Å². The molecular weight excluding hydrogens is 252 g/mol. The first-order valence-corrected chi connectivity index (χ1v) is 6.80. The summed E-state index contributed by atoms with van der Waals surface area (Å²) in [6.45, 7) is 0.650. The topological polar surface area (TPSA) is 54.1 Å². The minimum absolute atomic E-state index is 0.0856. The molecule has 0 unspecified atom stereocenters. The molecule has 2 rings (SSSR count). The molecule has 0 saturated heterocycles. The molecule has 4 nitrogen and oxygen atoms in total. The molecule has 0 bridgehead atoms. The fraction of sp³-hybridized carbons (Fsp3) is 0.312. The van der Waals surface area contributed by atoms with E-state index in [1.54, 1.807) is 7.11 Å². The Morgan fingerprint density at radius 2 is 2.15 bits per heavy atom. The molecule has 2 aromatic rings. The van der Waals surface area contributed by atoms with E-state index in [4.69, 9.17) is 4.74 Å². The van der Waals surface area contributed by atoms with E-state index in [0.717, 1.165) is 29.8 Å². The maximum Gasteiger partial charge on any atom is 0.220 e. The Kier molecular flexibility index (Phi) is 5.24. The molecule has 0 atom stereocenters. The van der Waals surface area contributed by atoms with E-state index in [2.05, 4.69) is 10.3 Å². The van der Waals surface area contributed by atoms with Crippen molar-refractivity contribution in [3.05, 3.63) is 53.9 Å². The lowest BCUT2D eigenvalue weighted by atomic mass is 10.1. The van der Waals surface area contributed by atoms with Gasteiger partial charge in [-0.25, -0.2) is 0 Å². The summed E-state index contributed by atoms with van der Waals surface area (Å²) in [5, 5.41) is 2.94. The number of hydrogen-bond acceptors (Lipinski definition) is 2. The summed E-state index contributed by atoms with van der Waals surface area (Å²) in [6.07, 6.45) is 3.94. The third kappa shape index (κ3) is 4.46. The number of benzene rings is 1. The molecule has 0 radical (unpaired) electrons. The number of ether oxygens (including phenoxy) is 1. The standard InChI is InChI=1S/C16H20N2O2/c1-20-15-6-2-4-13(12-15)9-11-18-16(19)8-7-14-5-3-10-17-14/h2-6,10,12,17H,7-9,11H2,1H3,(H,18,19). The highest BCUT2D eigenvalue weighted by atomic mass is 16.5. The Hall–Kier alpha value is -2.23. The number of aryl methyl sites for hydroxylation is 1. The van der Waals surface area contributed by atoms with Crippen LogP contribution in [0.4, 0.5) is 0 Å². The molecule has 0 aliphatic heterocycles. The molecule has 1 aromatic heterocycles. The summed E-state index contributed by atoms with van der Waals surface area (Å²) in [5.41, 5.74) is 2.25. The van der Waals surface area contributed by atoms with Gasteiger partial charge < -0.3 is 15.0 Å². The Morgan fingerprint density at radius 3 is 2.90 bits per heavy atom. The third-order valence-electron chi connectivity index (χ3n) is 3.15. The number of aromatic nitrogens is 1. The van der Waals surface area contributed by atoms with Crippen molar-refractivity contribution in [2.75, 3.05) is 13.7 Å². The van der Waals surface area contributed by atoms with Gasteiger partial charge in [0.1, 0.15) is 5.75 Å². The van der Waals surface area contributed by atoms with Crippen LogP contribution in [0.1, 0.15) is 17.7 Å². The van der Waals surface area contributed by atoms with Gasteiger partial charge in [-0.05, 0) is 42.7 Å². The first-order chi connectivity index (χ1) is 9.78. The van der Waals surface area contributed by atoms with Gasteiger partial charge in [-0.3, -0.25) is 4.79 Å². The van der Waals surface area contributed by atoms with Gasteiger partial charge in [-0.2, -0.15) is 0 Å². The fourth-order valence-electron chi connectivity index (χ4n) is 2.03. The van der Waals surface area contributed by atoms with E-state index >= 15 is 0 Å². The van der Waals surface area contributed by atoms with Gasteiger partial charge in [0.05, 0.1) is 7.11 Å². The predicted molar refractivity (Wildman–Crippen MR) is 78.8 cm³/mol. The molecule has 4 heteroatoms. The lowest BCUT2D eigenvalue weighted by Gasteiger charge is -2.06. The number of methoxy groups -OCH3 is 1. The number of carbonyl (C=O) groups is 1. The molecule has 0 aliphatic rings. The normalized spacial score (nSPS) is 10.2. The number of carbonyl (C=O) groups excluding carboxylic acids is 1. The van der Waals surface area contributed by atoms with E-state index in [1.807, 2.05) is 42.6 Å². The summed E-state index contributed by atoms with van der Waals surface area (Å²) >= 11 is 0. The average Bonchev–Trinajstić information content (AvgIpc) is 2.99. The molecule has 2 N–H and O–H groups in total. The fourth-order valence-corrected chi connectivity index (χ4v) is 2.03. The molecule has 0 aliphatic carbocycles. The van der Waals surface area contributed by atoms with Crippen molar-refractivity contribution in [1.82, 2.24) is 10.3 Å². The SMILES string of the molecule is COc1cccc(CCNC(=O)CCc2ccc[nH]2)c1. The lowest BCUT2D eigenvalue weighted by Crippen LogP contribution is -2.25. The van der Waals surface area contributed by atoms with E-state index in [1.165, 1.54) is 0 Å². The van der Waals surface area contributed by atoms with Crippen molar-refractivity contribution in [1.29, 1.82) is 0 Å². The number of aromatic amines is 1. The van der Waals surface area contributed by atoms with Crippen molar-refractivity contribution < 1.29 is 9.53 Å². The number of rotatable bonds is 7. The van der Waals surface area contributed by atoms with Crippen LogP contribution in [-0.4, -0.2) is 24.5 Å². The van der Waals surface area contributed by atoms with Gasteiger partial charge in [-0.15, -0.1) is 0 Å². The molecule has 1 amide bonds. The van der Waals surface area contributed by atoms with Crippen molar-refractivity contribution in [3.63, 3.8) is 0 Å². The van der Waals surface area contributed by atoms with E-state index < -0.39 is 0 Å². The minimum Gasteiger partial charge on any atom is -0.497 e. The summed E-state index contributed by atoms with van der Waals surface area (Å²) in [4.78, 5) is 14.8. The Labute approximate surface area is 119 Å². The van der Waals surface area contributed by atoms with Crippen molar-refractivity contribution >= 4 is 5.91 Å². The largest absolute Gasteiger partial charge is 0.497 e. The third-order valence-corrected chi connectivity index (χ3v) is 3.15. The number of hydrogen-bond donors (Lipinski definition) is 2. The van der Waals surface area contributed by atoms with Gasteiger partial charge >= 0.3 is 0 Å². The highest BCUT2D eigenvalue weighted by Crippen LogP contribution is 2.12. The Morgan fingerprint density at radius 1 is 1.25 bits per heavy atom. The first-order valence-electron chi connectivity index (χ1n) is 6.80. The van der Waals surface area contributed by atoms with E-state index in [9.17, 15) is 4.79 Å². The van der Waals surface area contributed by atoms with Crippen molar-refractivity contribution in [3.8, 4) is 5.75 Å². The van der Waals surface area contributed by atoms with Crippen molar-refractivity contribution in [2.24, 2.45) is 0 Å². The number of H-pyrrole nitrogens is 1. The van der Waals surface area contributed by atoms with E-state index in [0.29, 0.717) is 13.0 Å². The van der Waals surface area contributed by atoms with Crippen LogP contribution in [0.3, 0.4) is 0 Å². The Balaban J connectivity index is 1.68. The maximum atomic E-state index is 11.7. The molecule has 20 heavy (non-hydrogen) atoms. The number of nitrogens with one attached hydrogen (secondary N) is 2. The van der Waals surface area contributed by atoms with Crippen LogP contribution < -0.4 is 10.1 Å². The van der Waals surface area contributed by atoms with Crippen LogP contribution >= 0.6 is 0 Å². The minimum atomic E-state index is 0.0856. The Bertz CT molecular complexity index is 535. The molecular formula is C16H20N2O2. The highest BCUT2D eigenvalue weighted by Gasteiger charge is 2.02. The van der Waals surface area contributed by atoms with Gasteiger partial charge in [0.25, 0.3) is 0 Å². The quantitative estimate of drug-likeness (QED) is 0.812. The monoisotopic (exact) mass is 272 g/mol. The second-order valence-corrected chi connectivity index (χ2v) is 4.65. The van der Waals surface area contributed by atoms with Crippen LogP contribution in [0.25, 0.3) is 0 Å². The first kappa shape index (κ1) is 14.2. The summed E-state index contributed by atoms with van der Waals surface area (Å²) in [7, 11) is 1.65. The summed E-state index contributed by atoms with van der Waals surface area (Å²) in [5.74, 6) is 0.933. The molecule has 106 valence electrons. The van der Waals surface area contributed by atoms with Gasteiger partial charge in [0.2, 0.25) is 5.91 Å². The molecule has 1 aromatic carbocycles. The summed E-state index contributed by atoms with van der Waals surface area (Å²) in [6, 6.07) is 11.8. The zero-order valence-electron chi connectivity index (χ0n) is 11.7. The summed E-state index contributed by atoms with van der Waals surface area (Å²) < 4.78 is 5.17. The van der Waals surface area contributed by atoms with Gasteiger partial charge in [-0.1, -0.05) is 12.1 Å². The molecule has 0 spiro atoms. The smallest absolute Gasteiger partial charge is 0.220 e. The van der Waals surface area contributed by atoms with Crippen molar-refractivity contribution in [2.45, 2.75) is 19.3 Å². The highest BCUT2D eigenvalue weighted by molar-refractivity contribution is 5.76.